The lowest BCUT2D eigenvalue weighted by Crippen LogP contribution is -2.46. The lowest BCUT2D eigenvalue weighted by Gasteiger charge is -2.32. The maximum absolute atomic E-state index is 11.2. The second kappa shape index (κ2) is 6.08. The fraction of sp³-hybridized carbons (Fsp3) is 0.909. The topological polar surface area (TPSA) is 49.8 Å². The van der Waals surface area contributed by atoms with Crippen LogP contribution < -0.4 is 0 Å². The van der Waals surface area contributed by atoms with Crippen LogP contribution in [0.2, 0.25) is 0 Å². The highest BCUT2D eigenvalue weighted by Gasteiger charge is 2.25. The number of esters is 1. The van der Waals surface area contributed by atoms with Crippen molar-refractivity contribution < 1.29 is 14.6 Å². The van der Waals surface area contributed by atoms with Crippen LogP contribution in [0.4, 0.5) is 0 Å². The Morgan fingerprint density at radius 2 is 2.07 bits per heavy atom. The monoisotopic (exact) mass is 217 g/mol. The summed E-state index contributed by atoms with van der Waals surface area (Å²) in [7, 11) is 1.37. The molecule has 0 aliphatic carbocycles. The highest BCUT2D eigenvalue weighted by molar-refractivity contribution is 5.71. The number of rotatable bonds is 6. The Bertz CT molecular complexity index is 202. The predicted molar refractivity (Wildman–Crippen MR) is 59.6 cm³/mol. The van der Waals surface area contributed by atoms with Gasteiger partial charge in [0.1, 0.15) is 0 Å². The first-order valence-electron chi connectivity index (χ1n) is 5.35. The van der Waals surface area contributed by atoms with E-state index >= 15 is 0 Å². The molecule has 0 aromatic heterocycles. The Hall–Kier alpha value is -0.610. The third-order valence-electron chi connectivity index (χ3n) is 2.60. The Labute approximate surface area is 92.2 Å². The molecule has 0 aromatic rings. The largest absolute Gasteiger partial charge is 0.468 e. The van der Waals surface area contributed by atoms with E-state index in [1.165, 1.54) is 7.11 Å². The standard InChI is InChI=1S/C11H23NO3/c1-6-11(4,14)8-12(9(2)3)7-10(13)15-5/h9,14H,6-8H2,1-5H3. The number of aliphatic hydroxyl groups is 1. The van der Waals surface area contributed by atoms with Gasteiger partial charge in [0.05, 0.1) is 19.3 Å². The molecule has 0 bridgehead atoms. The van der Waals surface area contributed by atoms with Gasteiger partial charge in [0.25, 0.3) is 0 Å². The van der Waals surface area contributed by atoms with Crippen LogP contribution in [0.3, 0.4) is 0 Å². The molecule has 1 atom stereocenters. The first-order valence-corrected chi connectivity index (χ1v) is 5.35. The first kappa shape index (κ1) is 14.4. The van der Waals surface area contributed by atoms with Crippen molar-refractivity contribution in [2.24, 2.45) is 0 Å². The van der Waals surface area contributed by atoms with Gasteiger partial charge in [-0.15, -0.1) is 0 Å². The van der Waals surface area contributed by atoms with Gasteiger partial charge >= 0.3 is 5.97 Å². The highest BCUT2D eigenvalue weighted by Crippen LogP contribution is 2.12. The zero-order valence-corrected chi connectivity index (χ0v) is 10.4. The summed E-state index contributed by atoms with van der Waals surface area (Å²) in [6.07, 6.45) is 0.664. The Morgan fingerprint density at radius 1 is 1.53 bits per heavy atom. The van der Waals surface area contributed by atoms with Gasteiger partial charge in [-0.2, -0.15) is 0 Å². The Balaban J connectivity index is 4.35. The number of carbonyl (C=O) groups excluding carboxylic acids is 1. The molecular weight excluding hydrogens is 194 g/mol. The normalized spacial score (nSPS) is 15.5. The molecule has 0 rings (SSSR count). The van der Waals surface area contributed by atoms with Crippen molar-refractivity contribution in [1.29, 1.82) is 0 Å². The van der Waals surface area contributed by atoms with E-state index in [2.05, 4.69) is 4.74 Å². The number of nitrogens with zero attached hydrogens (tertiary/aromatic N) is 1. The fourth-order valence-corrected chi connectivity index (χ4v) is 1.20. The molecule has 0 amide bonds. The fourth-order valence-electron chi connectivity index (χ4n) is 1.20. The predicted octanol–water partition coefficient (Wildman–Crippen LogP) is 1.03. The molecule has 0 saturated heterocycles. The van der Waals surface area contributed by atoms with Crippen molar-refractivity contribution >= 4 is 5.97 Å². The van der Waals surface area contributed by atoms with E-state index in [0.717, 1.165) is 0 Å². The summed E-state index contributed by atoms with van der Waals surface area (Å²) >= 11 is 0. The zero-order chi connectivity index (χ0) is 12.1. The van der Waals surface area contributed by atoms with Gasteiger partial charge in [-0.3, -0.25) is 9.69 Å². The molecule has 1 unspecified atom stereocenters. The van der Waals surface area contributed by atoms with E-state index in [1.807, 2.05) is 25.7 Å². The van der Waals surface area contributed by atoms with Gasteiger partial charge in [0.2, 0.25) is 0 Å². The molecule has 4 nitrogen and oxygen atoms in total. The molecule has 90 valence electrons. The summed E-state index contributed by atoms with van der Waals surface area (Å²) in [5.41, 5.74) is -0.752. The number of hydrogen-bond acceptors (Lipinski definition) is 4. The summed E-state index contributed by atoms with van der Waals surface area (Å²) in [6, 6.07) is 0.210. The SMILES string of the molecule is CCC(C)(O)CN(CC(=O)OC)C(C)C. The zero-order valence-electron chi connectivity index (χ0n) is 10.4. The molecule has 0 aliphatic rings. The maximum atomic E-state index is 11.2. The second-order valence-electron chi connectivity index (χ2n) is 4.43. The van der Waals surface area contributed by atoms with Crippen molar-refractivity contribution in [3.63, 3.8) is 0 Å². The van der Waals surface area contributed by atoms with Crippen LogP contribution in [0.15, 0.2) is 0 Å². The minimum atomic E-state index is -0.752. The van der Waals surface area contributed by atoms with Crippen LogP contribution in [0.1, 0.15) is 34.1 Å². The second-order valence-corrected chi connectivity index (χ2v) is 4.43. The van der Waals surface area contributed by atoms with Crippen molar-refractivity contribution in [3.05, 3.63) is 0 Å². The molecular formula is C11H23NO3. The molecule has 0 spiro atoms. The van der Waals surface area contributed by atoms with Crippen LogP contribution in [0.25, 0.3) is 0 Å². The van der Waals surface area contributed by atoms with Gasteiger partial charge in [-0.1, -0.05) is 6.92 Å². The quantitative estimate of drug-likeness (QED) is 0.675. The van der Waals surface area contributed by atoms with Crippen molar-refractivity contribution in [3.8, 4) is 0 Å². The molecule has 15 heavy (non-hydrogen) atoms. The average molecular weight is 217 g/mol. The van der Waals surface area contributed by atoms with Gasteiger partial charge in [-0.05, 0) is 27.2 Å². The van der Waals surface area contributed by atoms with Crippen LogP contribution in [0, 0.1) is 0 Å². The highest BCUT2D eigenvalue weighted by atomic mass is 16.5. The average Bonchev–Trinajstić information content (AvgIpc) is 2.16. The van der Waals surface area contributed by atoms with Gasteiger partial charge in [-0.25, -0.2) is 0 Å². The van der Waals surface area contributed by atoms with Crippen LogP contribution >= 0.6 is 0 Å². The number of carbonyl (C=O) groups is 1. The number of hydrogen-bond donors (Lipinski definition) is 1. The summed E-state index contributed by atoms with van der Waals surface area (Å²) < 4.78 is 4.62. The van der Waals surface area contributed by atoms with Gasteiger partial charge in [0, 0.05) is 12.6 Å². The van der Waals surface area contributed by atoms with Crippen molar-refractivity contribution in [2.45, 2.75) is 45.8 Å². The molecule has 0 radical (unpaired) electrons. The van der Waals surface area contributed by atoms with E-state index in [-0.39, 0.29) is 18.6 Å². The molecule has 0 aromatic carbocycles. The van der Waals surface area contributed by atoms with E-state index in [9.17, 15) is 9.90 Å². The summed E-state index contributed by atoms with van der Waals surface area (Å²) in [6.45, 7) is 8.40. The minimum Gasteiger partial charge on any atom is -0.468 e. The Morgan fingerprint density at radius 3 is 2.40 bits per heavy atom. The summed E-state index contributed by atoms with van der Waals surface area (Å²) in [4.78, 5) is 13.1. The smallest absolute Gasteiger partial charge is 0.319 e. The lowest BCUT2D eigenvalue weighted by molar-refractivity contribution is -0.143. The lowest BCUT2D eigenvalue weighted by atomic mass is 10.0. The third-order valence-corrected chi connectivity index (χ3v) is 2.60. The summed E-state index contributed by atoms with van der Waals surface area (Å²) in [5, 5.41) is 9.93. The van der Waals surface area contributed by atoms with Gasteiger partial charge in [0.15, 0.2) is 0 Å². The first-order chi connectivity index (χ1) is 6.82. The van der Waals surface area contributed by atoms with E-state index < -0.39 is 5.60 Å². The molecule has 0 aliphatic heterocycles. The van der Waals surface area contributed by atoms with Crippen molar-refractivity contribution in [2.75, 3.05) is 20.2 Å². The number of ether oxygens (including phenoxy) is 1. The van der Waals surface area contributed by atoms with Gasteiger partial charge < -0.3 is 9.84 Å². The van der Waals surface area contributed by atoms with Crippen LogP contribution in [-0.4, -0.2) is 47.8 Å². The number of methoxy groups -OCH3 is 1. The summed E-state index contributed by atoms with van der Waals surface area (Å²) in [5.74, 6) is -0.268. The van der Waals surface area contributed by atoms with Crippen LogP contribution in [0.5, 0.6) is 0 Å². The minimum absolute atomic E-state index is 0.210. The molecule has 4 heteroatoms. The molecule has 0 saturated carbocycles. The molecule has 1 N–H and O–H groups in total. The van der Waals surface area contributed by atoms with E-state index in [1.54, 1.807) is 6.92 Å². The maximum Gasteiger partial charge on any atom is 0.319 e. The van der Waals surface area contributed by atoms with E-state index in [0.29, 0.717) is 13.0 Å². The third kappa shape index (κ3) is 5.74. The molecule has 0 fully saturated rings. The van der Waals surface area contributed by atoms with Crippen molar-refractivity contribution in [1.82, 2.24) is 4.90 Å². The Kier molecular flexibility index (Phi) is 5.83. The molecule has 0 heterocycles. The van der Waals surface area contributed by atoms with Crippen LogP contribution in [-0.2, 0) is 9.53 Å². The van der Waals surface area contributed by atoms with E-state index in [4.69, 9.17) is 0 Å².